The molecule has 0 aliphatic carbocycles. The first-order chi connectivity index (χ1) is 16.5. The average molecular weight is 456 g/mol. The molecule has 0 N–H and O–H groups in total. The van der Waals surface area contributed by atoms with Crippen molar-refractivity contribution in [1.82, 2.24) is 24.6 Å². The Morgan fingerprint density at radius 2 is 1.88 bits per heavy atom. The summed E-state index contributed by atoms with van der Waals surface area (Å²) in [7, 11) is 1.86. The number of carbonyl (C=O) groups excluding carboxylic acids is 1. The van der Waals surface area contributed by atoms with Gasteiger partial charge in [-0.15, -0.1) is 0 Å². The predicted octanol–water partition coefficient (Wildman–Crippen LogP) is 4.63. The molecule has 0 bridgehead atoms. The van der Waals surface area contributed by atoms with Gasteiger partial charge in [-0.05, 0) is 54.8 Å². The Hall–Kier alpha value is -3.87. The normalized spacial score (nSPS) is 15.9. The summed E-state index contributed by atoms with van der Waals surface area (Å²) < 4.78 is 14.9. The molecule has 0 saturated carbocycles. The van der Waals surface area contributed by atoms with Crippen molar-refractivity contribution in [2.24, 2.45) is 7.05 Å². The molecule has 5 rings (SSSR count). The number of amides is 1. The zero-order valence-electron chi connectivity index (χ0n) is 19.1. The summed E-state index contributed by atoms with van der Waals surface area (Å²) in [5.74, 6) is -0.122. The van der Waals surface area contributed by atoms with Crippen molar-refractivity contribution in [3.63, 3.8) is 0 Å². The largest absolute Gasteiger partial charge is 0.337 e. The molecule has 6 nitrogen and oxygen atoms in total. The van der Waals surface area contributed by atoms with Gasteiger partial charge in [-0.3, -0.25) is 14.5 Å². The van der Waals surface area contributed by atoms with Crippen LogP contribution in [0.5, 0.6) is 0 Å². The standard InChI is InChI=1S/C27H26FN5O/c1-32-17-21(16-29-32)25-8-3-9-26(31-25)27(34)33-14-4-5-20(18-33)24-7-2-6-23(30-24)15-19-10-12-22(28)13-11-19/h2-3,6-13,16-17,20H,4-5,14-15,18H2,1H3. The van der Waals surface area contributed by atoms with E-state index in [0.29, 0.717) is 25.2 Å². The van der Waals surface area contributed by atoms with Crippen LogP contribution in [0, 0.1) is 5.82 Å². The van der Waals surface area contributed by atoms with Crippen LogP contribution >= 0.6 is 0 Å². The zero-order valence-corrected chi connectivity index (χ0v) is 19.1. The van der Waals surface area contributed by atoms with Crippen LogP contribution in [0.4, 0.5) is 4.39 Å². The van der Waals surface area contributed by atoms with Gasteiger partial charge in [-0.2, -0.15) is 5.10 Å². The molecular formula is C27H26FN5O. The van der Waals surface area contributed by atoms with E-state index < -0.39 is 0 Å². The average Bonchev–Trinajstić information content (AvgIpc) is 3.32. The van der Waals surface area contributed by atoms with Crippen molar-refractivity contribution in [3.8, 4) is 11.3 Å². The highest BCUT2D eigenvalue weighted by Gasteiger charge is 2.27. The van der Waals surface area contributed by atoms with Gasteiger partial charge in [0, 0.05) is 55.6 Å². The number of halogens is 1. The molecule has 1 unspecified atom stereocenters. The molecule has 1 fully saturated rings. The van der Waals surface area contributed by atoms with Crippen molar-refractivity contribution in [2.75, 3.05) is 13.1 Å². The number of aromatic nitrogens is 4. The Balaban J connectivity index is 1.30. The van der Waals surface area contributed by atoms with Gasteiger partial charge in [-0.25, -0.2) is 9.37 Å². The number of likely N-dealkylation sites (tertiary alicyclic amines) is 1. The molecule has 4 aromatic rings. The summed E-state index contributed by atoms with van der Waals surface area (Å²) in [4.78, 5) is 24.7. The second kappa shape index (κ2) is 9.55. The Kier molecular flexibility index (Phi) is 6.16. The fourth-order valence-corrected chi connectivity index (χ4v) is 4.47. The summed E-state index contributed by atoms with van der Waals surface area (Å²) in [6.07, 6.45) is 6.19. The van der Waals surface area contributed by atoms with E-state index in [0.717, 1.165) is 41.1 Å². The molecule has 1 amide bonds. The summed E-state index contributed by atoms with van der Waals surface area (Å²) in [6.45, 7) is 1.33. The molecule has 1 aromatic carbocycles. The van der Waals surface area contributed by atoms with E-state index in [1.165, 1.54) is 12.1 Å². The van der Waals surface area contributed by atoms with Crippen LogP contribution in [0.2, 0.25) is 0 Å². The summed E-state index contributed by atoms with van der Waals surface area (Å²) in [6, 6.07) is 18.1. The van der Waals surface area contributed by atoms with Crippen molar-refractivity contribution in [2.45, 2.75) is 25.2 Å². The smallest absolute Gasteiger partial charge is 0.272 e. The van der Waals surface area contributed by atoms with Crippen molar-refractivity contribution in [1.29, 1.82) is 0 Å². The van der Waals surface area contributed by atoms with Gasteiger partial charge >= 0.3 is 0 Å². The first-order valence-electron chi connectivity index (χ1n) is 11.5. The lowest BCUT2D eigenvalue weighted by atomic mass is 9.93. The molecule has 172 valence electrons. The number of rotatable bonds is 5. The van der Waals surface area contributed by atoms with E-state index in [1.54, 1.807) is 29.1 Å². The lowest BCUT2D eigenvalue weighted by Crippen LogP contribution is -2.39. The molecule has 0 spiro atoms. The van der Waals surface area contributed by atoms with Crippen molar-refractivity contribution in [3.05, 3.63) is 102 Å². The quantitative estimate of drug-likeness (QED) is 0.440. The number of pyridine rings is 2. The molecule has 34 heavy (non-hydrogen) atoms. The molecule has 4 heterocycles. The topological polar surface area (TPSA) is 63.9 Å². The van der Waals surface area contributed by atoms with E-state index in [2.05, 4.69) is 10.1 Å². The third-order valence-corrected chi connectivity index (χ3v) is 6.22. The fraction of sp³-hybridized carbons (Fsp3) is 0.259. The number of hydrogen-bond donors (Lipinski definition) is 0. The Bertz CT molecular complexity index is 1300. The zero-order chi connectivity index (χ0) is 23.5. The lowest BCUT2D eigenvalue weighted by molar-refractivity contribution is 0.0700. The Morgan fingerprint density at radius 3 is 2.68 bits per heavy atom. The minimum atomic E-state index is -0.238. The van der Waals surface area contributed by atoms with E-state index in [9.17, 15) is 9.18 Å². The van der Waals surface area contributed by atoms with E-state index in [4.69, 9.17) is 4.98 Å². The number of aryl methyl sites for hydroxylation is 1. The van der Waals surface area contributed by atoms with Gasteiger partial charge in [0.1, 0.15) is 11.5 Å². The molecular weight excluding hydrogens is 429 g/mol. The molecule has 7 heteroatoms. The van der Waals surface area contributed by atoms with Crippen LogP contribution in [-0.2, 0) is 13.5 Å². The van der Waals surface area contributed by atoms with Crippen LogP contribution in [0.3, 0.4) is 0 Å². The van der Waals surface area contributed by atoms with E-state index in [1.807, 2.05) is 48.5 Å². The first kappa shape index (κ1) is 21.9. The summed E-state index contributed by atoms with van der Waals surface area (Å²) >= 11 is 0. The number of piperidine rings is 1. The predicted molar refractivity (Wildman–Crippen MR) is 128 cm³/mol. The minimum absolute atomic E-state index is 0.0575. The van der Waals surface area contributed by atoms with Crippen LogP contribution in [-0.4, -0.2) is 43.6 Å². The highest BCUT2D eigenvalue weighted by molar-refractivity contribution is 5.93. The van der Waals surface area contributed by atoms with Gasteiger partial charge < -0.3 is 4.90 Å². The van der Waals surface area contributed by atoms with Crippen molar-refractivity contribution >= 4 is 5.91 Å². The van der Waals surface area contributed by atoms with Crippen LogP contribution in [0.1, 0.15) is 46.2 Å². The number of nitrogens with zero attached hydrogens (tertiary/aromatic N) is 5. The first-order valence-corrected chi connectivity index (χ1v) is 11.5. The highest BCUT2D eigenvalue weighted by Crippen LogP contribution is 2.27. The highest BCUT2D eigenvalue weighted by atomic mass is 19.1. The maximum absolute atomic E-state index is 13.3. The lowest BCUT2D eigenvalue weighted by Gasteiger charge is -2.32. The fourth-order valence-electron chi connectivity index (χ4n) is 4.47. The van der Waals surface area contributed by atoms with Gasteiger partial charge in [0.25, 0.3) is 5.91 Å². The second-order valence-corrected chi connectivity index (χ2v) is 8.76. The molecule has 1 saturated heterocycles. The molecule has 3 aromatic heterocycles. The number of hydrogen-bond acceptors (Lipinski definition) is 4. The Labute approximate surface area is 198 Å². The summed E-state index contributed by atoms with van der Waals surface area (Å²) in [5, 5.41) is 4.20. The van der Waals surface area contributed by atoms with E-state index >= 15 is 0 Å². The maximum Gasteiger partial charge on any atom is 0.272 e. The summed E-state index contributed by atoms with van der Waals surface area (Å²) in [5.41, 5.74) is 5.03. The van der Waals surface area contributed by atoms with Crippen LogP contribution in [0.25, 0.3) is 11.3 Å². The monoisotopic (exact) mass is 455 g/mol. The van der Waals surface area contributed by atoms with Crippen LogP contribution < -0.4 is 0 Å². The molecule has 0 radical (unpaired) electrons. The van der Waals surface area contributed by atoms with Crippen molar-refractivity contribution < 1.29 is 9.18 Å². The molecule has 1 aliphatic heterocycles. The van der Waals surface area contributed by atoms with Gasteiger partial charge in [0.15, 0.2) is 0 Å². The second-order valence-electron chi connectivity index (χ2n) is 8.76. The van der Waals surface area contributed by atoms with Gasteiger partial charge in [-0.1, -0.05) is 24.3 Å². The minimum Gasteiger partial charge on any atom is -0.337 e. The molecule has 1 aliphatic rings. The maximum atomic E-state index is 13.3. The van der Waals surface area contributed by atoms with E-state index in [-0.39, 0.29) is 17.6 Å². The third-order valence-electron chi connectivity index (χ3n) is 6.22. The van der Waals surface area contributed by atoms with Gasteiger partial charge in [0.05, 0.1) is 11.9 Å². The van der Waals surface area contributed by atoms with Gasteiger partial charge in [0.2, 0.25) is 0 Å². The SMILES string of the molecule is Cn1cc(-c2cccc(C(=O)N3CCCC(c4cccc(Cc5ccc(F)cc5)n4)C3)n2)cn1. The van der Waals surface area contributed by atoms with Crippen LogP contribution in [0.15, 0.2) is 73.1 Å². The molecule has 1 atom stereocenters. The number of carbonyl (C=O) groups is 1. The number of benzene rings is 1. The Morgan fingerprint density at radius 1 is 1.06 bits per heavy atom. The third kappa shape index (κ3) is 4.88.